The van der Waals surface area contributed by atoms with Crippen LogP contribution in [0.25, 0.3) is 0 Å². The van der Waals surface area contributed by atoms with Crippen molar-refractivity contribution in [3.05, 3.63) is 24.3 Å². The van der Waals surface area contributed by atoms with E-state index in [9.17, 15) is 4.79 Å². The van der Waals surface area contributed by atoms with Gasteiger partial charge in [0.25, 0.3) is 0 Å². The average molecular weight is 287 g/mol. The zero-order chi connectivity index (χ0) is 12.1. The summed E-state index contributed by atoms with van der Waals surface area (Å²) in [5, 5.41) is 3.52. The first kappa shape index (κ1) is 15.3. The fourth-order valence-electron chi connectivity index (χ4n) is 2.03. The van der Waals surface area contributed by atoms with Crippen molar-refractivity contribution in [1.29, 1.82) is 0 Å². The Morgan fingerprint density at radius 3 is 2.44 bits per heavy atom. The van der Waals surface area contributed by atoms with E-state index in [0.29, 0.717) is 0 Å². The standard InChI is InChI=1S/C13H18N2OS.ClH/c14-9-13(16)15-10-5-7-12(8-6-10)17-11-3-1-2-4-11;/h5-8,11H,1-4,9,14H2,(H,15,16);1H. The van der Waals surface area contributed by atoms with Gasteiger partial charge >= 0.3 is 0 Å². The van der Waals surface area contributed by atoms with Crippen LogP contribution in [0, 0.1) is 0 Å². The normalized spacial score (nSPS) is 15.2. The van der Waals surface area contributed by atoms with Crippen LogP contribution in [0.15, 0.2) is 29.2 Å². The molecular weight excluding hydrogens is 268 g/mol. The molecule has 0 bridgehead atoms. The van der Waals surface area contributed by atoms with E-state index >= 15 is 0 Å². The number of nitrogens with one attached hydrogen (secondary N) is 1. The minimum atomic E-state index is -0.152. The molecule has 100 valence electrons. The van der Waals surface area contributed by atoms with Gasteiger partial charge in [0.05, 0.1) is 6.54 Å². The maximum absolute atomic E-state index is 11.1. The largest absolute Gasteiger partial charge is 0.325 e. The molecular formula is C13H19ClN2OS. The molecule has 0 saturated heterocycles. The van der Waals surface area contributed by atoms with E-state index in [1.54, 1.807) is 0 Å². The first-order valence-electron chi connectivity index (χ1n) is 6.04. The molecule has 1 aromatic rings. The summed E-state index contributed by atoms with van der Waals surface area (Å²) in [5.74, 6) is -0.152. The van der Waals surface area contributed by atoms with Gasteiger partial charge in [0.2, 0.25) is 5.91 Å². The van der Waals surface area contributed by atoms with Crippen LogP contribution in [0.1, 0.15) is 25.7 Å². The molecule has 0 spiro atoms. The number of anilines is 1. The van der Waals surface area contributed by atoms with E-state index < -0.39 is 0 Å². The molecule has 0 aromatic heterocycles. The molecule has 5 heteroatoms. The molecule has 1 fully saturated rings. The number of amides is 1. The zero-order valence-corrected chi connectivity index (χ0v) is 11.9. The third kappa shape index (κ3) is 4.52. The molecule has 3 N–H and O–H groups in total. The number of halogens is 1. The Labute approximate surface area is 118 Å². The monoisotopic (exact) mass is 286 g/mol. The minimum absolute atomic E-state index is 0. The smallest absolute Gasteiger partial charge is 0.238 e. The Morgan fingerprint density at radius 2 is 1.89 bits per heavy atom. The van der Waals surface area contributed by atoms with E-state index in [4.69, 9.17) is 5.73 Å². The van der Waals surface area contributed by atoms with Crippen molar-refractivity contribution in [2.45, 2.75) is 35.8 Å². The Hall–Kier alpha value is -0.710. The van der Waals surface area contributed by atoms with Gasteiger partial charge in [0, 0.05) is 15.8 Å². The van der Waals surface area contributed by atoms with Gasteiger partial charge in [-0.2, -0.15) is 0 Å². The fraction of sp³-hybridized carbons (Fsp3) is 0.462. The van der Waals surface area contributed by atoms with Crippen molar-refractivity contribution in [3.63, 3.8) is 0 Å². The Bertz CT molecular complexity index is 377. The Balaban J connectivity index is 0.00000162. The lowest BCUT2D eigenvalue weighted by Gasteiger charge is -2.09. The highest BCUT2D eigenvalue weighted by molar-refractivity contribution is 8.00. The summed E-state index contributed by atoms with van der Waals surface area (Å²) in [5.41, 5.74) is 6.06. The lowest BCUT2D eigenvalue weighted by Crippen LogP contribution is -2.21. The van der Waals surface area contributed by atoms with Crippen LogP contribution in [0.3, 0.4) is 0 Å². The first-order valence-corrected chi connectivity index (χ1v) is 6.92. The molecule has 0 atom stereocenters. The second kappa shape index (κ2) is 7.67. The zero-order valence-electron chi connectivity index (χ0n) is 10.2. The predicted octanol–water partition coefficient (Wildman–Crippen LogP) is 3.04. The van der Waals surface area contributed by atoms with Gasteiger partial charge in [-0.05, 0) is 37.1 Å². The van der Waals surface area contributed by atoms with Crippen LogP contribution >= 0.6 is 24.2 Å². The number of thioether (sulfide) groups is 1. The number of carbonyl (C=O) groups is 1. The molecule has 0 aliphatic heterocycles. The third-order valence-corrected chi connectivity index (χ3v) is 4.28. The van der Waals surface area contributed by atoms with Gasteiger partial charge in [-0.3, -0.25) is 4.79 Å². The number of hydrogen-bond donors (Lipinski definition) is 2. The molecule has 0 unspecified atom stereocenters. The maximum atomic E-state index is 11.1. The van der Waals surface area contributed by atoms with Gasteiger partial charge in [0.15, 0.2) is 0 Å². The van der Waals surface area contributed by atoms with Crippen molar-refractivity contribution in [2.24, 2.45) is 5.73 Å². The van der Waals surface area contributed by atoms with Crippen molar-refractivity contribution >= 4 is 35.8 Å². The molecule has 1 aliphatic rings. The van der Waals surface area contributed by atoms with Gasteiger partial charge in [-0.15, -0.1) is 24.2 Å². The minimum Gasteiger partial charge on any atom is -0.325 e. The molecule has 0 radical (unpaired) electrons. The summed E-state index contributed by atoms with van der Waals surface area (Å²) in [4.78, 5) is 12.4. The molecule has 2 rings (SSSR count). The van der Waals surface area contributed by atoms with Crippen molar-refractivity contribution in [3.8, 4) is 0 Å². The molecule has 0 heterocycles. The Kier molecular flexibility index (Phi) is 6.54. The second-order valence-electron chi connectivity index (χ2n) is 4.30. The SMILES string of the molecule is Cl.NCC(=O)Nc1ccc(SC2CCCC2)cc1. The molecule has 18 heavy (non-hydrogen) atoms. The lowest BCUT2D eigenvalue weighted by atomic mass is 10.3. The molecule has 1 saturated carbocycles. The molecule has 1 aliphatic carbocycles. The summed E-state index contributed by atoms with van der Waals surface area (Å²) < 4.78 is 0. The van der Waals surface area contributed by atoms with E-state index in [1.807, 2.05) is 23.9 Å². The highest BCUT2D eigenvalue weighted by atomic mass is 35.5. The van der Waals surface area contributed by atoms with Crippen molar-refractivity contribution in [1.82, 2.24) is 0 Å². The third-order valence-electron chi connectivity index (χ3n) is 2.93. The number of benzene rings is 1. The molecule has 1 amide bonds. The summed E-state index contributed by atoms with van der Waals surface area (Å²) in [6.45, 7) is 0.0264. The molecule has 3 nitrogen and oxygen atoms in total. The van der Waals surface area contributed by atoms with Crippen LogP contribution in [0.2, 0.25) is 0 Å². The lowest BCUT2D eigenvalue weighted by molar-refractivity contribution is -0.114. The van der Waals surface area contributed by atoms with Crippen LogP contribution in [0.4, 0.5) is 5.69 Å². The molecule has 1 aromatic carbocycles. The van der Waals surface area contributed by atoms with E-state index in [0.717, 1.165) is 10.9 Å². The fourth-order valence-corrected chi connectivity index (χ4v) is 3.27. The van der Waals surface area contributed by atoms with Crippen LogP contribution in [0.5, 0.6) is 0 Å². The number of nitrogens with two attached hydrogens (primary N) is 1. The highest BCUT2D eigenvalue weighted by Crippen LogP contribution is 2.34. The number of carbonyl (C=O) groups excluding carboxylic acids is 1. The Morgan fingerprint density at radius 1 is 1.28 bits per heavy atom. The highest BCUT2D eigenvalue weighted by Gasteiger charge is 2.15. The second-order valence-corrected chi connectivity index (χ2v) is 5.67. The van der Waals surface area contributed by atoms with E-state index in [2.05, 4.69) is 17.4 Å². The summed E-state index contributed by atoms with van der Waals surface area (Å²) in [6, 6.07) is 8.00. The number of rotatable bonds is 4. The van der Waals surface area contributed by atoms with Crippen LogP contribution < -0.4 is 11.1 Å². The quantitative estimate of drug-likeness (QED) is 0.894. The van der Waals surface area contributed by atoms with Crippen LogP contribution in [-0.2, 0) is 4.79 Å². The predicted molar refractivity (Wildman–Crippen MR) is 79.5 cm³/mol. The summed E-state index contributed by atoms with van der Waals surface area (Å²) >= 11 is 1.95. The van der Waals surface area contributed by atoms with Gasteiger partial charge in [-0.25, -0.2) is 0 Å². The van der Waals surface area contributed by atoms with Gasteiger partial charge < -0.3 is 11.1 Å². The number of hydrogen-bond acceptors (Lipinski definition) is 3. The van der Waals surface area contributed by atoms with Crippen LogP contribution in [-0.4, -0.2) is 17.7 Å². The average Bonchev–Trinajstić information content (AvgIpc) is 2.84. The van der Waals surface area contributed by atoms with Gasteiger partial charge in [-0.1, -0.05) is 12.8 Å². The maximum Gasteiger partial charge on any atom is 0.238 e. The van der Waals surface area contributed by atoms with Crippen molar-refractivity contribution < 1.29 is 4.79 Å². The van der Waals surface area contributed by atoms with E-state index in [1.165, 1.54) is 30.6 Å². The van der Waals surface area contributed by atoms with Gasteiger partial charge in [0.1, 0.15) is 0 Å². The van der Waals surface area contributed by atoms with Crippen molar-refractivity contribution in [2.75, 3.05) is 11.9 Å². The summed E-state index contributed by atoms with van der Waals surface area (Å²) in [6.07, 6.45) is 5.39. The topological polar surface area (TPSA) is 55.1 Å². The van der Waals surface area contributed by atoms with E-state index in [-0.39, 0.29) is 24.9 Å². The summed E-state index contributed by atoms with van der Waals surface area (Å²) in [7, 11) is 0. The first-order chi connectivity index (χ1) is 8.28.